The van der Waals surface area contributed by atoms with Crippen LogP contribution in [0.5, 0.6) is 0 Å². The van der Waals surface area contributed by atoms with E-state index in [1.165, 1.54) is 5.32 Å². The van der Waals surface area contributed by atoms with Gasteiger partial charge in [-0.25, -0.2) is 0 Å². The smallest absolute Gasteiger partial charge is 0.308 e. The van der Waals surface area contributed by atoms with Crippen molar-refractivity contribution in [1.29, 1.82) is 0 Å². The molecule has 1 heterocycles. The van der Waals surface area contributed by atoms with Gasteiger partial charge in [-0.3, -0.25) is 9.89 Å². The van der Waals surface area contributed by atoms with Crippen LogP contribution in [0.4, 0.5) is 32.2 Å². The number of amides is 1. The summed E-state index contributed by atoms with van der Waals surface area (Å²) in [6.07, 6.45) is -11.0. The van der Waals surface area contributed by atoms with E-state index >= 15 is 0 Å². The predicted octanol–water partition coefficient (Wildman–Crippen LogP) is 2.65. The van der Waals surface area contributed by atoms with E-state index in [1.54, 1.807) is 6.92 Å². The highest BCUT2D eigenvalue weighted by molar-refractivity contribution is 5.92. The number of aromatic amines is 1. The second kappa shape index (κ2) is 5.10. The maximum Gasteiger partial charge on any atom is 0.409 e. The van der Waals surface area contributed by atoms with Gasteiger partial charge < -0.3 is 5.32 Å². The second-order valence-electron chi connectivity index (χ2n) is 3.64. The maximum atomic E-state index is 12.2. The summed E-state index contributed by atoms with van der Waals surface area (Å²) >= 11 is 0. The summed E-state index contributed by atoms with van der Waals surface area (Å²) in [5.74, 6) is -6.68. The van der Waals surface area contributed by atoms with Crippen molar-refractivity contribution < 1.29 is 31.1 Å². The Bertz CT molecular complexity index is 436. The highest BCUT2D eigenvalue weighted by Gasteiger charge is 2.61. The SMILES string of the molecule is CCc1cc(NC(=O)C(C(F)(F)F)C(F)(F)F)n[nH]1. The number of halogens is 6. The minimum atomic E-state index is -5.72. The van der Waals surface area contributed by atoms with Crippen LogP contribution >= 0.6 is 0 Å². The Kier molecular flexibility index (Phi) is 4.11. The van der Waals surface area contributed by atoms with Gasteiger partial charge in [0, 0.05) is 11.8 Å². The van der Waals surface area contributed by atoms with E-state index < -0.39 is 24.2 Å². The average Bonchev–Trinajstić information content (AvgIpc) is 2.60. The molecule has 1 rings (SSSR count). The molecule has 1 amide bonds. The first kappa shape index (κ1) is 15.3. The Morgan fingerprint density at radius 2 is 1.84 bits per heavy atom. The fourth-order valence-corrected chi connectivity index (χ4v) is 1.29. The Morgan fingerprint density at radius 1 is 1.32 bits per heavy atom. The third-order valence-corrected chi connectivity index (χ3v) is 2.18. The second-order valence-corrected chi connectivity index (χ2v) is 3.64. The summed E-state index contributed by atoms with van der Waals surface area (Å²) in [5, 5.41) is 7.22. The highest BCUT2D eigenvalue weighted by atomic mass is 19.4. The van der Waals surface area contributed by atoms with Crippen molar-refractivity contribution in [2.24, 2.45) is 5.92 Å². The van der Waals surface area contributed by atoms with Crippen LogP contribution in [-0.2, 0) is 11.2 Å². The zero-order valence-corrected chi connectivity index (χ0v) is 9.49. The van der Waals surface area contributed by atoms with Gasteiger partial charge in [0.15, 0.2) is 5.82 Å². The maximum absolute atomic E-state index is 12.2. The van der Waals surface area contributed by atoms with Crippen LogP contribution in [0.25, 0.3) is 0 Å². The van der Waals surface area contributed by atoms with Crippen molar-refractivity contribution >= 4 is 11.7 Å². The predicted molar refractivity (Wildman–Crippen MR) is 52.2 cm³/mol. The van der Waals surface area contributed by atoms with Gasteiger partial charge in [0.2, 0.25) is 11.8 Å². The topological polar surface area (TPSA) is 57.8 Å². The third-order valence-electron chi connectivity index (χ3n) is 2.18. The number of H-pyrrole nitrogens is 1. The van der Waals surface area contributed by atoms with Gasteiger partial charge in [0.25, 0.3) is 0 Å². The lowest BCUT2D eigenvalue weighted by Crippen LogP contribution is -2.45. The molecule has 0 aliphatic rings. The quantitative estimate of drug-likeness (QED) is 0.840. The van der Waals surface area contributed by atoms with Crippen molar-refractivity contribution in [2.75, 3.05) is 5.32 Å². The number of anilines is 1. The molecule has 0 aliphatic heterocycles. The Labute approximate surface area is 103 Å². The first-order valence-electron chi connectivity index (χ1n) is 5.04. The van der Waals surface area contributed by atoms with E-state index in [-0.39, 0.29) is 5.82 Å². The van der Waals surface area contributed by atoms with E-state index in [9.17, 15) is 31.1 Å². The summed E-state index contributed by atoms with van der Waals surface area (Å²) in [5.41, 5.74) is 0.464. The van der Waals surface area contributed by atoms with Crippen molar-refractivity contribution in [3.05, 3.63) is 11.8 Å². The fourth-order valence-electron chi connectivity index (χ4n) is 1.29. The van der Waals surface area contributed by atoms with Gasteiger partial charge in [-0.1, -0.05) is 6.92 Å². The number of nitrogens with zero attached hydrogens (tertiary/aromatic N) is 1. The summed E-state index contributed by atoms with van der Waals surface area (Å²) < 4.78 is 73.4. The lowest BCUT2D eigenvalue weighted by atomic mass is 10.1. The molecule has 2 N–H and O–H groups in total. The molecule has 0 aliphatic carbocycles. The van der Waals surface area contributed by atoms with Crippen LogP contribution < -0.4 is 5.32 Å². The first-order chi connectivity index (χ1) is 8.55. The van der Waals surface area contributed by atoms with Crippen LogP contribution in [0.15, 0.2) is 6.07 Å². The Morgan fingerprint density at radius 3 is 2.21 bits per heavy atom. The highest BCUT2D eigenvalue weighted by Crippen LogP contribution is 2.39. The summed E-state index contributed by atoms with van der Waals surface area (Å²) in [7, 11) is 0. The van der Waals surface area contributed by atoms with Crippen molar-refractivity contribution in [1.82, 2.24) is 10.2 Å². The van der Waals surface area contributed by atoms with Gasteiger partial charge in [-0.15, -0.1) is 0 Å². The van der Waals surface area contributed by atoms with Gasteiger partial charge in [0.05, 0.1) is 0 Å². The van der Waals surface area contributed by atoms with E-state index in [0.29, 0.717) is 12.1 Å². The number of aryl methyl sites for hydroxylation is 1. The minimum absolute atomic E-state index is 0.389. The van der Waals surface area contributed by atoms with Crippen molar-refractivity contribution in [2.45, 2.75) is 25.7 Å². The molecule has 10 heteroatoms. The number of nitrogens with one attached hydrogen (secondary N) is 2. The summed E-state index contributed by atoms with van der Waals surface area (Å²) in [6, 6.07) is 1.15. The molecule has 19 heavy (non-hydrogen) atoms. The molecule has 108 valence electrons. The molecule has 0 unspecified atom stereocenters. The molecule has 0 saturated carbocycles. The molecular formula is C9H9F6N3O. The molecule has 1 aromatic heterocycles. The minimum Gasteiger partial charge on any atom is -0.308 e. The van der Waals surface area contributed by atoms with Gasteiger partial charge >= 0.3 is 12.4 Å². The standard InChI is InChI=1S/C9H9F6N3O/c1-2-4-3-5(18-17-4)16-7(19)6(8(10,11)12)9(13,14)15/h3,6H,2H2,1H3,(H2,16,17,18,19). The number of rotatable bonds is 3. The zero-order valence-electron chi connectivity index (χ0n) is 9.49. The summed E-state index contributed by atoms with van der Waals surface area (Å²) in [6.45, 7) is 1.69. The monoisotopic (exact) mass is 289 g/mol. The largest absolute Gasteiger partial charge is 0.409 e. The van der Waals surface area contributed by atoms with Crippen LogP contribution in [0, 0.1) is 5.92 Å². The lowest BCUT2D eigenvalue weighted by Gasteiger charge is -2.21. The Balaban J connectivity index is 2.90. The Hall–Kier alpha value is -1.74. The number of alkyl halides is 6. The molecule has 1 aromatic rings. The molecule has 0 aromatic carbocycles. The fraction of sp³-hybridized carbons (Fsp3) is 0.556. The molecule has 0 radical (unpaired) electrons. The molecule has 0 fully saturated rings. The molecule has 0 spiro atoms. The molecule has 4 nitrogen and oxygen atoms in total. The summed E-state index contributed by atoms with van der Waals surface area (Å²) in [4.78, 5) is 11.1. The molecule has 0 bridgehead atoms. The van der Waals surface area contributed by atoms with Gasteiger partial charge in [0.1, 0.15) is 0 Å². The lowest BCUT2D eigenvalue weighted by molar-refractivity contribution is -0.272. The molecule has 0 atom stereocenters. The van der Waals surface area contributed by atoms with E-state index in [0.717, 1.165) is 6.07 Å². The van der Waals surface area contributed by atoms with E-state index in [2.05, 4.69) is 10.2 Å². The number of carbonyl (C=O) groups excluding carboxylic acids is 1. The molecular weight excluding hydrogens is 280 g/mol. The van der Waals surface area contributed by atoms with Crippen LogP contribution in [0.1, 0.15) is 12.6 Å². The van der Waals surface area contributed by atoms with Crippen molar-refractivity contribution in [3.8, 4) is 0 Å². The van der Waals surface area contributed by atoms with Gasteiger partial charge in [-0.05, 0) is 6.42 Å². The van der Waals surface area contributed by atoms with Gasteiger partial charge in [-0.2, -0.15) is 31.4 Å². The first-order valence-corrected chi connectivity index (χ1v) is 5.04. The molecule has 0 saturated heterocycles. The zero-order chi connectivity index (χ0) is 14.8. The number of aromatic nitrogens is 2. The van der Waals surface area contributed by atoms with Crippen LogP contribution in [0.2, 0.25) is 0 Å². The normalized spacial score (nSPS) is 12.8. The number of carbonyl (C=O) groups is 1. The number of hydrogen-bond donors (Lipinski definition) is 2. The van der Waals surface area contributed by atoms with E-state index in [1.807, 2.05) is 0 Å². The van der Waals surface area contributed by atoms with Crippen molar-refractivity contribution in [3.63, 3.8) is 0 Å². The van der Waals surface area contributed by atoms with E-state index in [4.69, 9.17) is 0 Å². The van der Waals surface area contributed by atoms with Crippen LogP contribution in [0.3, 0.4) is 0 Å². The third kappa shape index (κ3) is 3.86. The van der Waals surface area contributed by atoms with Crippen LogP contribution in [-0.4, -0.2) is 28.5 Å². The number of hydrogen-bond acceptors (Lipinski definition) is 2. The average molecular weight is 289 g/mol.